The SMILES string of the molecule is CC(C)CN(CC(C)C)S(=O)(=O)c1ccc2nc(NC(=O)c3cc([N+](=O)[O-])cc([N+](=O)[O-])c3)sc2c1. The van der Waals surface area contributed by atoms with Gasteiger partial charge in [-0.25, -0.2) is 13.4 Å². The zero-order valence-electron chi connectivity index (χ0n) is 20.0. The lowest BCUT2D eigenvalue weighted by molar-refractivity contribution is -0.394. The van der Waals surface area contributed by atoms with Gasteiger partial charge in [-0.15, -0.1) is 0 Å². The number of benzene rings is 2. The van der Waals surface area contributed by atoms with Gasteiger partial charge in [-0.3, -0.25) is 30.3 Å². The van der Waals surface area contributed by atoms with Crippen LogP contribution in [0, 0.1) is 32.1 Å². The van der Waals surface area contributed by atoms with E-state index in [1.807, 2.05) is 27.7 Å². The quantitative estimate of drug-likeness (QED) is 0.289. The Hall–Kier alpha value is -3.49. The highest BCUT2D eigenvalue weighted by atomic mass is 32.2. The number of nitro benzene ring substituents is 2. The van der Waals surface area contributed by atoms with Crippen molar-refractivity contribution in [2.24, 2.45) is 11.8 Å². The fourth-order valence-corrected chi connectivity index (χ4v) is 6.23. The van der Waals surface area contributed by atoms with E-state index in [9.17, 15) is 33.4 Å². The molecule has 0 radical (unpaired) electrons. The first kappa shape index (κ1) is 27.1. The van der Waals surface area contributed by atoms with Crippen LogP contribution in [0.5, 0.6) is 0 Å². The number of hydrogen-bond acceptors (Lipinski definition) is 9. The normalized spacial score (nSPS) is 12.0. The largest absolute Gasteiger partial charge is 0.298 e. The van der Waals surface area contributed by atoms with Crippen LogP contribution in [-0.4, -0.2) is 46.6 Å². The van der Waals surface area contributed by atoms with Crippen LogP contribution in [-0.2, 0) is 10.0 Å². The lowest BCUT2D eigenvalue weighted by Crippen LogP contribution is -2.37. The van der Waals surface area contributed by atoms with E-state index in [1.54, 1.807) is 0 Å². The Morgan fingerprint density at radius 1 is 1.00 bits per heavy atom. The molecule has 0 saturated heterocycles. The minimum Gasteiger partial charge on any atom is -0.298 e. The highest BCUT2D eigenvalue weighted by molar-refractivity contribution is 7.89. The standard InChI is InChI=1S/C22H25N5O7S2/c1-13(2)11-25(12-14(3)4)36(33,34)18-5-6-19-20(10-18)35-22(23-19)24-21(28)15-7-16(26(29)30)9-17(8-15)27(31)32/h5-10,13-14H,11-12H2,1-4H3,(H,23,24,28). The number of thiazole rings is 1. The molecular weight excluding hydrogens is 510 g/mol. The second-order valence-electron chi connectivity index (χ2n) is 8.96. The first-order valence-electron chi connectivity index (χ1n) is 10.9. The fourth-order valence-electron chi connectivity index (χ4n) is 3.46. The molecule has 0 aliphatic heterocycles. The summed E-state index contributed by atoms with van der Waals surface area (Å²) >= 11 is 1.02. The number of nitrogens with one attached hydrogen (secondary N) is 1. The van der Waals surface area contributed by atoms with E-state index in [4.69, 9.17) is 0 Å². The van der Waals surface area contributed by atoms with Gasteiger partial charge in [0.15, 0.2) is 5.13 Å². The number of fused-ring (bicyclic) bond motifs is 1. The number of nitrogens with zero attached hydrogens (tertiary/aromatic N) is 4. The van der Waals surface area contributed by atoms with E-state index in [0.29, 0.717) is 23.3 Å². The van der Waals surface area contributed by atoms with Gasteiger partial charge >= 0.3 is 0 Å². The number of anilines is 1. The van der Waals surface area contributed by atoms with Crippen LogP contribution in [0.3, 0.4) is 0 Å². The van der Waals surface area contributed by atoms with E-state index in [-0.39, 0.29) is 27.4 Å². The molecule has 0 atom stereocenters. The molecule has 0 aliphatic carbocycles. The molecule has 12 nitrogen and oxygen atoms in total. The zero-order chi connectivity index (χ0) is 26.8. The fraction of sp³-hybridized carbons (Fsp3) is 0.364. The summed E-state index contributed by atoms with van der Waals surface area (Å²) in [5.74, 6) is -0.553. The molecule has 0 spiro atoms. The van der Waals surface area contributed by atoms with Crippen molar-refractivity contribution in [1.29, 1.82) is 0 Å². The van der Waals surface area contributed by atoms with E-state index < -0.39 is 37.2 Å². The Morgan fingerprint density at radius 3 is 2.06 bits per heavy atom. The number of carbonyl (C=O) groups is 1. The molecule has 2 aromatic carbocycles. The van der Waals surface area contributed by atoms with E-state index in [2.05, 4.69) is 10.3 Å². The smallest absolute Gasteiger partial charge is 0.277 e. The summed E-state index contributed by atoms with van der Waals surface area (Å²) in [6, 6.07) is 7.11. The molecule has 0 bridgehead atoms. The van der Waals surface area contributed by atoms with Crippen molar-refractivity contribution < 1.29 is 23.1 Å². The van der Waals surface area contributed by atoms with Crippen molar-refractivity contribution in [3.05, 3.63) is 62.2 Å². The summed E-state index contributed by atoms with van der Waals surface area (Å²) < 4.78 is 28.6. The van der Waals surface area contributed by atoms with Gasteiger partial charge in [0.05, 0.1) is 36.6 Å². The number of nitro groups is 2. The topological polar surface area (TPSA) is 166 Å². The molecule has 1 amide bonds. The Balaban J connectivity index is 1.91. The molecule has 0 saturated carbocycles. The number of rotatable bonds is 10. The monoisotopic (exact) mass is 535 g/mol. The lowest BCUT2D eigenvalue weighted by Gasteiger charge is -2.25. The predicted molar refractivity (Wildman–Crippen MR) is 136 cm³/mol. The van der Waals surface area contributed by atoms with E-state index in [0.717, 1.165) is 29.5 Å². The van der Waals surface area contributed by atoms with Crippen LogP contribution in [0.15, 0.2) is 41.3 Å². The second kappa shape index (κ2) is 10.6. The van der Waals surface area contributed by atoms with E-state index in [1.165, 1.54) is 22.5 Å². The number of aromatic nitrogens is 1. The summed E-state index contributed by atoms with van der Waals surface area (Å²) in [5, 5.41) is 24.8. The van der Waals surface area contributed by atoms with Gasteiger partial charge in [0.1, 0.15) is 0 Å². The number of non-ortho nitro benzene ring substituents is 2. The molecule has 1 N–H and O–H groups in total. The maximum atomic E-state index is 13.3. The Bertz CT molecular complexity index is 1390. The number of sulfonamides is 1. The molecule has 0 aliphatic rings. The highest BCUT2D eigenvalue weighted by Gasteiger charge is 2.27. The van der Waals surface area contributed by atoms with Crippen LogP contribution >= 0.6 is 11.3 Å². The van der Waals surface area contributed by atoms with Gasteiger partial charge in [0.2, 0.25) is 10.0 Å². The molecule has 36 heavy (non-hydrogen) atoms. The second-order valence-corrected chi connectivity index (χ2v) is 11.9. The van der Waals surface area contributed by atoms with Crippen molar-refractivity contribution in [2.45, 2.75) is 32.6 Å². The van der Waals surface area contributed by atoms with Gasteiger partial charge in [0, 0.05) is 25.2 Å². The highest BCUT2D eigenvalue weighted by Crippen LogP contribution is 2.31. The maximum absolute atomic E-state index is 13.3. The van der Waals surface area contributed by atoms with Crippen molar-refractivity contribution in [1.82, 2.24) is 9.29 Å². The van der Waals surface area contributed by atoms with Crippen LogP contribution in [0.4, 0.5) is 16.5 Å². The third-order valence-electron chi connectivity index (χ3n) is 4.94. The first-order valence-corrected chi connectivity index (χ1v) is 13.2. The van der Waals surface area contributed by atoms with Crippen molar-refractivity contribution in [3.8, 4) is 0 Å². The van der Waals surface area contributed by atoms with Gasteiger partial charge in [-0.2, -0.15) is 4.31 Å². The Kier molecular flexibility index (Phi) is 8.01. The minimum absolute atomic E-state index is 0.104. The van der Waals surface area contributed by atoms with Crippen LogP contribution in [0.2, 0.25) is 0 Å². The first-order chi connectivity index (χ1) is 16.8. The average molecular weight is 536 g/mol. The van der Waals surface area contributed by atoms with Gasteiger partial charge in [0.25, 0.3) is 17.3 Å². The van der Waals surface area contributed by atoms with Crippen molar-refractivity contribution >= 4 is 54.0 Å². The van der Waals surface area contributed by atoms with Gasteiger partial charge in [-0.05, 0) is 30.0 Å². The van der Waals surface area contributed by atoms with E-state index >= 15 is 0 Å². The summed E-state index contributed by atoms with van der Waals surface area (Å²) in [5.41, 5.74) is -1.03. The third-order valence-corrected chi connectivity index (χ3v) is 7.70. The molecule has 14 heteroatoms. The Morgan fingerprint density at radius 2 is 1.56 bits per heavy atom. The number of amides is 1. The molecule has 0 fully saturated rings. The van der Waals surface area contributed by atoms with Crippen LogP contribution in [0.1, 0.15) is 38.1 Å². The molecule has 3 rings (SSSR count). The molecule has 1 heterocycles. The van der Waals surface area contributed by atoms with Crippen LogP contribution in [0.25, 0.3) is 10.2 Å². The summed E-state index contributed by atoms with van der Waals surface area (Å²) in [4.78, 5) is 37.6. The van der Waals surface area contributed by atoms with Crippen molar-refractivity contribution in [2.75, 3.05) is 18.4 Å². The molecule has 0 unspecified atom stereocenters. The number of carbonyl (C=O) groups excluding carboxylic acids is 1. The minimum atomic E-state index is -3.77. The van der Waals surface area contributed by atoms with Gasteiger partial charge in [-0.1, -0.05) is 39.0 Å². The predicted octanol–water partition coefficient (Wildman–Crippen LogP) is 4.67. The van der Waals surface area contributed by atoms with Crippen LogP contribution < -0.4 is 5.32 Å². The molecular formula is C22H25N5O7S2. The summed E-state index contributed by atoms with van der Waals surface area (Å²) in [7, 11) is -3.77. The summed E-state index contributed by atoms with van der Waals surface area (Å²) in [6.45, 7) is 8.52. The van der Waals surface area contributed by atoms with Crippen molar-refractivity contribution in [3.63, 3.8) is 0 Å². The molecule has 1 aromatic heterocycles. The summed E-state index contributed by atoms with van der Waals surface area (Å²) in [6.07, 6.45) is 0. The lowest BCUT2D eigenvalue weighted by atomic mass is 10.1. The average Bonchev–Trinajstić information content (AvgIpc) is 3.19. The Labute approximate surface area is 211 Å². The molecule has 3 aromatic rings. The third kappa shape index (κ3) is 6.19. The van der Waals surface area contributed by atoms with Gasteiger partial charge < -0.3 is 0 Å². The maximum Gasteiger partial charge on any atom is 0.277 e. The number of hydrogen-bond donors (Lipinski definition) is 1. The zero-order valence-corrected chi connectivity index (χ0v) is 21.6. The molecule has 192 valence electrons.